The minimum atomic E-state index is -0.456. The summed E-state index contributed by atoms with van der Waals surface area (Å²) in [7, 11) is 3.84. The molecule has 0 aliphatic carbocycles. The molecule has 0 atom stereocenters. The number of hydrazine groups is 1. The number of phenolic OH excluding ortho intramolecular Hbond substituents is 1. The van der Waals surface area contributed by atoms with Gasteiger partial charge in [0.05, 0.1) is 19.5 Å². The quantitative estimate of drug-likeness (QED) is 0.113. The Labute approximate surface area is 284 Å². The fraction of sp³-hybridized carbons (Fsp3) is 0.429. The number of methoxy groups -OCH3 is 1. The van der Waals surface area contributed by atoms with E-state index in [0.717, 1.165) is 46.7 Å². The molecule has 4 aromatic carbocycles. The Hall–Kier alpha value is -3.80. The second-order valence-electron chi connectivity index (χ2n) is 15.0. The molecule has 0 aliphatic heterocycles. The van der Waals surface area contributed by atoms with Crippen molar-refractivity contribution in [2.75, 3.05) is 32.3 Å². The zero-order chi connectivity index (χ0) is 34.6. The Bertz CT molecular complexity index is 1620. The van der Waals surface area contributed by atoms with Crippen LogP contribution in [0.3, 0.4) is 0 Å². The predicted octanol–water partition coefficient (Wildman–Crippen LogP) is 9.47. The molecule has 0 saturated heterocycles. The summed E-state index contributed by atoms with van der Waals surface area (Å²) in [5.74, 6) is 1.21. The second-order valence-corrected chi connectivity index (χ2v) is 15.0. The molecular weight excluding hydrogens is 578 g/mol. The minimum Gasteiger partial charge on any atom is -0.505 e. The summed E-state index contributed by atoms with van der Waals surface area (Å²) in [5, 5.41) is 14.5. The number of nitrogens with one attached hydrogen (secondary N) is 1. The second kappa shape index (κ2) is 14.5. The summed E-state index contributed by atoms with van der Waals surface area (Å²) >= 11 is 0. The van der Waals surface area contributed by atoms with Crippen LogP contribution in [0.15, 0.2) is 84.9 Å². The summed E-state index contributed by atoms with van der Waals surface area (Å²) in [6.07, 6.45) is 1.03. The smallest absolute Gasteiger partial charge is 0.143 e. The highest BCUT2D eigenvalue weighted by Crippen LogP contribution is 2.46. The lowest BCUT2D eigenvalue weighted by Gasteiger charge is -2.36. The Morgan fingerprint density at radius 3 is 1.87 bits per heavy atom. The highest BCUT2D eigenvalue weighted by molar-refractivity contribution is 5.68. The fourth-order valence-electron chi connectivity index (χ4n) is 6.80. The Morgan fingerprint density at radius 2 is 1.34 bits per heavy atom. The van der Waals surface area contributed by atoms with Crippen molar-refractivity contribution in [3.63, 3.8) is 0 Å². The Kier molecular flexibility index (Phi) is 11.1. The number of rotatable bonds is 13. The third kappa shape index (κ3) is 7.85. The van der Waals surface area contributed by atoms with E-state index < -0.39 is 5.41 Å². The van der Waals surface area contributed by atoms with Gasteiger partial charge < -0.3 is 14.7 Å². The van der Waals surface area contributed by atoms with E-state index in [-0.39, 0.29) is 10.8 Å². The number of hydrogen-bond acceptors (Lipinski definition) is 5. The predicted molar refractivity (Wildman–Crippen MR) is 199 cm³/mol. The molecule has 4 aromatic rings. The minimum absolute atomic E-state index is 0.0928. The largest absolute Gasteiger partial charge is 0.505 e. The zero-order valence-electron chi connectivity index (χ0n) is 30.7. The molecule has 0 unspecified atom stereocenters. The molecule has 0 heterocycles. The lowest BCUT2D eigenvalue weighted by molar-refractivity contribution is 0.234. The first kappa shape index (κ1) is 36.0. The van der Waals surface area contributed by atoms with Crippen molar-refractivity contribution in [2.24, 2.45) is 0 Å². The number of hydrogen-bond donors (Lipinski definition) is 2. The van der Waals surface area contributed by atoms with Gasteiger partial charge in [0, 0.05) is 47.7 Å². The van der Waals surface area contributed by atoms with Crippen LogP contribution >= 0.6 is 0 Å². The van der Waals surface area contributed by atoms with Gasteiger partial charge in [0.25, 0.3) is 0 Å². The van der Waals surface area contributed by atoms with E-state index in [9.17, 15) is 5.11 Å². The topological polar surface area (TPSA) is 48.0 Å². The van der Waals surface area contributed by atoms with Crippen molar-refractivity contribution in [3.8, 4) is 11.5 Å². The van der Waals surface area contributed by atoms with E-state index >= 15 is 0 Å². The van der Waals surface area contributed by atoms with Gasteiger partial charge in [-0.25, -0.2) is 10.4 Å². The van der Waals surface area contributed by atoms with E-state index in [0.29, 0.717) is 19.0 Å². The molecule has 0 spiro atoms. The molecule has 0 aromatic heterocycles. The highest BCUT2D eigenvalue weighted by atomic mass is 16.5. The number of ether oxygens (including phenoxy) is 1. The van der Waals surface area contributed by atoms with E-state index in [1.165, 1.54) is 16.7 Å². The van der Waals surface area contributed by atoms with Crippen LogP contribution in [-0.2, 0) is 22.8 Å². The lowest BCUT2D eigenvalue weighted by atomic mass is 9.72. The molecular formula is C42H57N3O2. The number of benzene rings is 4. The first-order valence-electron chi connectivity index (χ1n) is 17.0. The van der Waals surface area contributed by atoms with E-state index in [1.54, 1.807) is 7.11 Å². The molecule has 5 nitrogen and oxygen atoms in total. The number of nitrogens with zero attached hydrogens (tertiary/aromatic N) is 2. The molecule has 0 fully saturated rings. The summed E-state index contributed by atoms with van der Waals surface area (Å²) < 4.78 is 6.17. The van der Waals surface area contributed by atoms with Gasteiger partial charge in [-0.15, -0.1) is 0 Å². The molecule has 0 bridgehead atoms. The molecule has 252 valence electrons. The molecule has 47 heavy (non-hydrogen) atoms. The molecule has 5 heteroatoms. The van der Waals surface area contributed by atoms with Crippen molar-refractivity contribution >= 4 is 5.69 Å². The lowest BCUT2D eigenvalue weighted by Crippen LogP contribution is -2.43. The Morgan fingerprint density at radius 1 is 0.766 bits per heavy atom. The maximum atomic E-state index is 12.4. The van der Waals surface area contributed by atoms with Crippen LogP contribution in [0.2, 0.25) is 0 Å². The third-order valence-corrected chi connectivity index (χ3v) is 9.67. The molecule has 2 N–H and O–H groups in total. The standard InChI is InChI=1S/C42H57N3O2/c1-12-25-44(10)43-29-45(28-31-24-23-30(2)37(39(31)47-11)40(3,4)5)36-27-34(41(6,7)32-19-15-13-16-20-32)26-35(38(36)46)42(8,9)33-21-17-14-18-22-33/h13-24,26-27,43,46H,12,25,28-29H2,1-11H3. The molecule has 0 saturated carbocycles. The van der Waals surface area contributed by atoms with Gasteiger partial charge >= 0.3 is 0 Å². The highest BCUT2D eigenvalue weighted by Gasteiger charge is 2.33. The summed E-state index contributed by atoms with van der Waals surface area (Å²) in [4.78, 5) is 2.26. The maximum Gasteiger partial charge on any atom is 0.143 e. The first-order valence-corrected chi connectivity index (χ1v) is 17.0. The van der Waals surface area contributed by atoms with Gasteiger partial charge in [0.2, 0.25) is 0 Å². The van der Waals surface area contributed by atoms with E-state index in [2.05, 4.69) is 164 Å². The fourth-order valence-corrected chi connectivity index (χ4v) is 6.80. The average molecular weight is 636 g/mol. The summed E-state index contributed by atoms with van der Waals surface area (Å²) in [6.45, 7) is 22.0. The normalized spacial score (nSPS) is 12.4. The molecule has 0 amide bonds. The van der Waals surface area contributed by atoms with Gasteiger partial charge in [0.15, 0.2) is 0 Å². The van der Waals surface area contributed by atoms with Gasteiger partial charge in [-0.3, -0.25) is 0 Å². The van der Waals surface area contributed by atoms with Crippen LogP contribution in [0.25, 0.3) is 0 Å². The van der Waals surface area contributed by atoms with Gasteiger partial charge in [-0.05, 0) is 47.1 Å². The Balaban J connectivity index is 1.98. The monoisotopic (exact) mass is 635 g/mol. The van der Waals surface area contributed by atoms with Crippen LogP contribution < -0.4 is 15.1 Å². The van der Waals surface area contributed by atoms with Crippen molar-refractivity contribution < 1.29 is 9.84 Å². The number of phenols is 1. The number of aryl methyl sites for hydroxylation is 1. The van der Waals surface area contributed by atoms with Crippen molar-refractivity contribution in [1.82, 2.24) is 10.4 Å². The zero-order valence-corrected chi connectivity index (χ0v) is 30.7. The van der Waals surface area contributed by atoms with E-state index in [1.807, 2.05) is 6.07 Å². The average Bonchev–Trinajstić information content (AvgIpc) is 3.03. The summed E-state index contributed by atoms with van der Waals surface area (Å²) in [5.41, 5.74) is 11.5. The number of aromatic hydroxyl groups is 1. The van der Waals surface area contributed by atoms with Crippen LogP contribution in [0.1, 0.15) is 101 Å². The van der Waals surface area contributed by atoms with Crippen molar-refractivity contribution in [1.29, 1.82) is 0 Å². The maximum absolute atomic E-state index is 12.4. The SMILES string of the molecule is CCCN(C)NCN(Cc1ccc(C)c(C(C)(C)C)c1OC)c1cc(C(C)(C)c2ccccc2)cc(C(C)(C)c2ccccc2)c1O. The van der Waals surface area contributed by atoms with Gasteiger partial charge in [0.1, 0.15) is 11.5 Å². The first-order chi connectivity index (χ1) is 22.1. The molecule has 0 radical (unpaired) electrons. The molecule has 4 rings (SSSR count). The van der Waals surface area contributed by atoms with Crippen LogP contribution in [0, 0.1) is 6.92 Å². The summed E-state index contributed by atoms with van der Waals surface area (Å²) in [6, 6.07) is 29.9. The van der Waals surface area contributed by atoms with Gasteiger partial charge in [-0.2, -0.15) is 0 Å². The van der Waals surface area contributed by atoms with E-state index in [4.69, 9.17) is 4.74 Å². The van der Waals surface area contributed by atoms with Crippen molar-refractivity contribution in [3.05, 3.63) is 124 Å². The third-order valence-electron chi connectivity index (χ3n) is 9.67. The number of anilines is 1. The van der Waals surface area contributed by atoms with Gasteiger partial charge in [-0.1, -0.05) is 134 Å². The van der Waals surface area contributed by atoms with Crippen LogP contribution in [0.5, 0.6) is 11.5 Å². The van der Waals surface area contributed by atoms with Crippen LogP contribution in [0.4, 0.5) is 5.69 Å². The van der Waals surface area contributed by atoms with Crippen molar-refractivity contribution in [2.45, 2.75) is 91.5 Å². The van der Waals surface area contributed by atoms with Crippen LogP contribution in [-0.4, -0.2) is 37.5 Å². The molecule has 0 aliphatic rings.